The van der Waals surface area contributed by atoms with E-state index in [9.17, 15) is 19.2 Å². The summed E-state index contributed by atoms with van der Waals surface area (Å²) in [4.78, 5) is 50.5. The largest absolute Gasteiger partial charge is 0.465 e. The number of carbonyl (C=O) groups is 2. The molecule has 0 radical (unpaired) electrons. The number of aromatic amines is 2. The third-order valence-electron chi connectivity index (χ3n) is 2.26. The maximum atomic E-state index is 11.8. The fourth-order valence-electron chi connectivity index (χ4n) is 1.40. The molecule has 1 rings (SSSR count). The molecule has 1 aromatic heterocycles. The lowest BCUT2D eigenvalue weighted by atomic mass is 10.2. The summed E-state index contributed by atoms with van der Waals surface area (Å²) in [6, 6.07) is 1.12. The highest BCUT2D eigenvalue weighted by atomic mass is 16.5. The Labute approximate surface area is 108 Å². The summed E-state index contributed by atoms with van der Waals surface area (Å²) in [5, 5.41) is 0. The summed E-state index contributed by atoms with van der Waals surface area (Å²) in [5.74, 6) is -0.924. The smallest absolute Gasteiger partial charge is 0.325 e. The number of H-pyrrole nitrogens is 2. The van der Waals surface area contributed by atoms with Gasteiger partial charge in [0.05, 0.1) is 13.0 Å². The SMILES string of the molecule is CCOC(=O)CN(C)C(=O)Cc1cc(=O)[nH]c(=O)[nH]1. The third-order valence-corrected chi connectivity index (χ3v) is 2.26. The highest BCUT2D eigenvalue weighted by Crippen LogP contribution is 1.95. The Morgan fingerprint density at radius 3 is 2.58 bits per heavy atom. The minimum absolute atomic E-state index is 0.172. The molecule has 0 fully saturated rings. The molecule has 1 heterocycles. The number of esters is 1. The molecule has 0 bridgehead atoms. The molecule has 8 nitrogen and oxygen atoms in total. The molecule has 0 spiro atoms. The average molecular weight is 269 g/mol. The van der Waals surface area contributed by atoms with Crippen LogP contribution in [-0.4, -0.2) is 46.9 Å². The fraction of sp³-hybridized carbons (Fsp3) is 0.455. The van der Waals surface area contributed by atoms with Gasteiger partial charge in [-0.2, -0.15) is 0 Å². The lowest BCUT2D eigenvalue weighted by Gasteiger charge is -2.15. The number of nitrogens with zero attached hydrogens (tertiary/aromatic N) is 1. The molecule has 1 aromatic rings. The average Bonchev–Trinajstić information content (AvgIpc) is 2.27. The number of hydrogen-bond acceptors (Lipinski definition) is 5. The minimum Gasteiger partial charge on any atom is -0.465 e. The molecule has 19 heavy (non-hydrogen) atoms. The Bertz CT molecular complexity index is 546. The number of likely N-dealkylation sites (N-methyl/N-ethyl adjacent to an activating group) is 1. The van der Waals surface area contributed by atoms with Gasteiger partial charge < -0.3 is 14.6 Å². The number of nitrogens with one attached hydrogen (secondary N) is 2. The number of hydrogen-bond donors (Lipinski definition) is 2. The van der Waals surface area contributed by atoms with Gasteiger partial charge in [0.15, 0.2) is 0 Å². The van der Waals surface area contributed by atoms with Gasteiger partial charge in [-0.15, -0.1) is 0 Å². The van der Waals surface area contributed by atoms with Crippen molar-refractivity contribution in [1.82, 2.24) is 14.9 Å². The van der Waals surface area contributed by atoms with Gasteiger partial charge >= 0.3 is 11.7 Å². The number of ether oxygens (including phenoxy) is 1. The summed E-state index contributed by atoms with van der Waals surface area (Å²) in [6.45, 7) is 1.73. The zero-order valence-corrected chi connectivity index (χ0v) is 10.7. The molecular formula is C11H15N3O5. The van der Waals surface area contributed by atoms with Gasteiger partial charge in [-0.05, 0) is 6.92 Å². The highest BCUT2D eigenvalue weighted by Gasteiger charge is 2.14. The van der Waals surface area contributed by atoms with Crippen LogP contribution >= 0.6 is 0 Å². The van der Waals surface area contributed by atoms with Crippen LogP contribution in [0.5, 0.6) is 0 Å². The van der Waals surface area contributed by atoms with E-state index in [0.717, 1.165) is 11.0 Å². The molecule has 104 valence electrons. The Kier molecular flexibility index (Phi) is 5.04. The molecule has 0 aliphatic heterocycles. The quantitative estimate of drug-likeness (QED) is 0.640. The molecule has 0 aliphatic carbocycles. The Hall–Kier alpha value is -2.38. The molecule has 0 aromatic carbocycles. The molecule has 0 atom stereocenters. The Morgan fingerprint density at radius 2 is 2.00 bits per heavy atom. The van der Waals surface area contributed by atoms with E-state index in [1.807, 2.05) is 4.98 Å². The number of aromatic nitrogens is 2. The van der Waals surface area contributed by atoms with Crippen LogP contribution in [0.2, 0.25) is 0 Å². The maximum Gasteiger partial charge on any atom is 0.325 e. The zero-order valence-electron chi connectivity index (χ0n) is 10.7. The molecule has 2 N–H and O–H groups in total. The molecular weight excluding hydrogens is 254 g/mol. The lowest BCUT2D eigenvalue weighted by Crippen LogP contribution is -2.35. The maximum absolute atomic E-state index is 11.8. The van der Waals surface area contributed by atoms with Crippen molar-refractivity contribution in [2.45, 2.75) is 13.3 Å². The second-order valence-corrected chi connectivity index (χ2v) is 3.84. The first-order chi connectivity index (χ1) is 8.92. The molecule has 8 heteroatoms. The standard InChI is InChI=1S/C11H15N3O5/c1-3-19-10(17)6-14(2)9(16)5-7-4-8(15)13-11(18)12-7/h4H,3,5-6H2,1-2H3,(H2,12,13,15,18). The van der Waals surface area contributed by atoms with E-state index in [1.54, 1.807) is 6.92 Å². The summed E-state index contributed by atoms with van der Waals surface area (Å²) in [7, 11) is 1.44. The van der Waals surface area contributed by atoms with Crippen molar-refractivity contribution in [1.29, 1.82) is 0 Å². The van der Waals surface area contributed by atoms with Crippen LogP contribution in [0.3, 0.4) is 0 Å². The van der Waals surface area contributed by atoms with Crippen molar-refractivity contribution < 1.29 is 14.3 Å². The second-order valence-electron chi connectivity index (χ2n) is 3.84. The predicted octanol–water partition coefficient (Wildman–Crippen LogP) is -1.37. The van der Waals surface area contributed by atoms with Gasteiger partial charge in [0.1, 0.15) is 6.54 Å². The summed E-state index contributed by atoms with van der Waals surface area (Å²) in [6.07, 6.45) is -0.172. The monoisotopic (exact) mass is 269 g/mol. The normalized spacial score (nSPS) is 10.0. The Balaban J connectivity index is 2.66. The van der Waals surface area contributed by atoms with Gasteiger partial charge in [0, 0.05) is 18.8 Å². The van der Waals surface area contributed by atoms with E-state index in [0.29, 0.717) is 0 Å². The van der Waals surface area contributed by atoms with Gasteiger partial charge in [0.2, 0.25) is 5.91 Å². The zero-order chi connectivity index (χ0) is 14.4. The summed E-state index contributed by atoms with van der Waals surface area (Å²) < 4.78 is 4.71. The molecule has 0 unspecified atom stereocenters. The van der Waals surface area contributed by atoms with Crippen molar-refractivity contribution >= 4 is 11.9 Å². The van der Waals surface area contributed by atoms with Crippen LogP contribution in [0, 0.1) is 0 Å². The van der Waals surface area contributed by atoms with Crippen LogP contribution in [-0.2, 0) is 20.7 Å². The molecule has 0 saturated heterocycles. The topological polar surface area (TPSA) is 112 Å². The number of carbonyl (C=O) groups excluding carboxylic acids is 2. The van der Waals surface area contributed by atoms with E-state index >= 15 is 0 Å². The van der Waals surface area contributed by atoms with Gasteiger partial charge in [0.25, 0.3) is 5.56 Å². The van der Waals surface area contributed by atoms with Crippen LogP contribution in [0.25, 0.3) is 0 Å². The van der Waals surface area contributed by atoms with E-state index in [-0.39, 0.29) is 25.3 Å². The van der Waals surface area contributed by atoms with E-state index in [2.05, 4.69) is 4.98 Å². The van der Waals surface area contributed by atoms with Crippen LogP contribution in [0.4, 0.5) is 0 Å². The van der Waals surface area contributed by atoms with Gasteiger partial charge in [-0.25, -0.2) is 4.79 Å². The summed E-state index contributed by atoms with van der Waals surface area (Å²) >= 11 is 0. The van der Waals surface area contributed by atoms with Crippen molar-refractivity contribution in [3.63, 3.8) is 0 Å². The van der Waals surface area contributed by atoms with Crippen LogP contribution in [0.15, 0.2) is 15.7 Å². The fourth-order valence-corrected chi connectivity index (χ4v) is 1.40. The highest BCUT2D eigenvalue weighted by molar-refractivity contribution is 5.83. The first kappa shape index (κ1) is 14.7. The molecule has 1 amide bonds. The molecule has 0 saturated carbocycles. The first-order valence-corrected chi connectivity index (χ1v) is 5.64. The van der Waals surface area contributed by atoms with E-state index < -0.39 is 23.1 Å². The third kappa shape index (κ3) is 4.78. The van der Waals surface area contributed by atoms with Crippen LogP contribution < -0.4 is 11.2 Å². The van der Waals surface area contributed by atoms with Gasteiger partial charge in [-0.1, -0.05) is 0 Å². The number of amides is 1. The van der Waals surface area contributed by atoms with E-state index in [4.69, 9.17) is 4.74 Å². The van der Waals surface area contributed by atoms with Crippen LogP contribution in [0.1, 0.15) is 12.6 Å². The first-order valence-electron chi connectivity index (χ1n) is 5.64. The van der Waals surface area contributed by atoms with Gasteiger partial charge in [-0.3, -0.25) is 19.4 Å². The van der Waals surface area contributed by atoms with Crippen molar-refractivity contribution in [3.05, 3.63) is 32.6 Å². The second kappa shape index (κ2) is 6.53. The number of rotatable bonds is 5. The minimum atomic E-state index is -0.677. The van der Waals surface area contributed by atoms with Crippen molar-refractivity contribution in [3.8, 4) is 0 Å². The van der Waals surface area contributed by atoms with Crippen molar-refractivity contribution in [2.75, 3.05) is 20.2 Å². The van der Waals surface area contributed by atoms with Crippen molar-refractivity contribution in [2.24, 2.45) is 0 Å². The van der Waals surface area contributed by atoms with E-state index in [1.165, 1.54) is 7.05 Å². The lowest BCUT2D eigenvalue weighted by molar-refractivity contribution is -0.147. The predicted molar refractivity (Wildman–Crippen MR) is 65.7 cm³/mol. The summed E-state index contributed by atoms with van der Waals surface area (Å²) in [5.41, 5.74) is -1.07. The Morgan fingerprint density at radius 1 is 1.32 bits per heavy atom. The molecule has 0 aliphatic rings.